The Kier molecular flexibility index (Phi) is 4.66. The zero-order valence-electron chi connectivity index (χ0n) is 10.5. The highest BCUT2D eigenvalue weighted by molar-refractivity contribution is 6.17. The number of nitrogens with zero attached hydrogens (tertiary/aromatic N) is 2. The van der Waals surface area contributed by atoms with E-state index in [0.29, 0.717) is 11.9 Å². The van der Waals surface area contributed by atoms with Gasteiger partial charge in [-0.1, -0.05) is 25.8 Å². The molecule has 17 heavy (non-hydrogen) atoms. The van der Waals surface area contributed by atoms with E-state index < -0.39 is 0 Å². The van der Waals surface area contributed by atoms with Crippen molar-refractivity contribution in [1.82, 2.24) is 4.98 Å². The largest absolute Gasteiger partial charge is 0.354 e. The van der Waals surface area contributed by atoms with Gasteiger partial charge in [-0.15, -0.1) is 11.6 Å². The van der Waals surface area contributed by atoms with Crippen LogP contribution in [0, 0.1) is 0 Å². The van der Waals surface area contributed by atoms with E-state index in [-0.39, 0.29) is 0 Å². The second-order valence-electron chi connectivity index (χ2n) is 4.76. The maximum Gasteiger partial charge on any atom is 0.128 e. The van der Waals surface area contributed by atoms with Crippen molar-refractivity contribution in [3.8, 4) is 0 Å². The lowest BCUT2D eigenvalue weighted by molar-refractivity contribution is 0.552. The Balaban J connectivity index is 2.16. The van der Waals surface area contributed by atoms with Crippen molar-refractivity contribution < 1.29 is 0 Å². The van der Waals surface area contributed by atoms with Crippen molar-refractivity contribution in [2.45, 2.75) is 50.9 Å². The van der Waals surface area contributed by atoms with Gasteiger partial charge in [0.1, 0.15) is 5.82 Å². The molecule has 0 spiro atoms. The Hall–Kier alpha value is -0.760. The number of hydrogen-bond acceptors (Lipinski definition) is 2. The standard InChI is InChI=1S/C14H21ClN2/c1-2-13-6-4-3-5-9-17(13)14-8-7-12(10-15)11-16-14/h7-8,11,13H,2-6,9-10H2,1H3. The predicted octanol–water partition coefficient (Wildman–Crippen LogP) is 3.98. The summed E-state index contributed by atoms with van der Waals surface area (Å²) < 4.78 is 0. The predicted molar refractivity (Wildman–Crippen MR) is 73.7 cm³/mol. The van der Waals surface area contributed by atoms with Crippen molar-refractivity contribution in [2.24, 2.45) is 0 Å². The molecule has 1 atom stereocenters. The van der Waals surface area contributed by atoms with Crippen molar-refractivity contribution in [3.63, 3.8) is 0 Å². The number of pyridine rings is 1. The highest BCUT2D eigenvalue weighted by Gasteiger charge is 2.20. The van der Waals surface area contributed by atoms with Crippen LogP contribution in [0.1, 0.15) is 44.6 Å². The smallest absolute Gasteiger partial charge is 0.128 e. The molecule has 0 aromatic carbocycles. The van der Waals surface area contributed by atoms with E-state index in [2.05, 4.69) is 28.9 Å². The normalized spacial score (nSPS) is 21.3. The number of halogens is 1. The zero-order valence-corrected chi connectivity index (χ0v) is 11.3. The fourth-order valence-corrected chi connectivity index (χ4v) is 2.73. The van der Waals surface area contributed by atoms with E-state index in [9.17, 15) is 0 Å². The molecule has 0 N–H and O–H groups in total. The minimum atomic E-state index is 0.546. The monoisotopic (exact) mass is 252 g/mol. The van der Waals surface area contributed by atoms with Crippen molar-refractivity contribution in [1.29, 1.82) is 0 Å². The summed E-state index contributed by atoms with van der Waals surface area (Å²) in [7, 11) is 0. The van der Waals surface area contributed by atoms with Gasteiger partial charge in [-0.25, -0.2) is 4.98 Å². The van der Waals surface area contributed by atoms with Crippen LogP contribution in [-0.4, -0.2) is 17.6 Å². The first kappa shape index (κ1) is 12.7. The summed E-state index contributed by atoms with van der Waals surface area (Å²) >= 11 is 5.79. The molecule has 3 heteroatoms. The molecule has 2 rings (SSSR count). The van der Waals surface area contributed by atoms with Crippen LogP contribution in [-0.2, 0) is 5.88 Å². The van der Waals surface area contributed by atoms with Gasteiger partial charge in [0, 0.05) is 24.7 Å². The molecule has 1 aliphatic rings. The summed E-state index contributed by atoms with van der Waals surface area (Å²) in [4.78, 5) is 7.03. The van der Waals surface area contributed by atoms with Crippen LogP contribution < -0.4 is 4.90 Å². The fraction of sp³-hybridized carbons (Fsp3) is 0.643. The Morgan fingerprint density at radius 1 is 1.35 bits per heavy atom. The van der Waals surface area contributed by atoms with Crippen LogP contribution in [0.25, 0.3) is 0 Å². The van der Waals surface area contributed by atoms with Crippen LogP contribution in [0.5, 0.6) is 0 Å². The molecule has 1 aliphatic heterocycles. The summed E-state index contributed by atoms with van der Waals surface area (Å²) in [6.07, 6.45) is 8.41. The second-order valence-corrected chi connectivity index (χ2v) is 5.03. The summed E-state index contributed by atoms with van der Waals surface area (Å²) in [5, 5.41) is 0. The van der Waals surface area contributed by atoms with Gasteiger partial charge in [-0.3, -0.25) is 0 Å². The Labute approximate surface area is 109 Å². The molecule has 1 aromatic rings. The van der Waals surface area contributed by atoms with Crippen molar-refractivity contribution in [2.75, 3.05) is 11.4 Å². The zero-order chi connectivity index (χ0) is 12.1. The first-order valence-electron chi connectivity index (χ1n) is 6.62. The molecule has 1 saturated heterocycles. The summed E-state index contributed by atoms with van der Waals surface area (Å²) in [5.41, 5.74) is 1.10. The first-order valence-corrected chi connectivity index (χ1v) is 7.16. The first-order chi connectivity index (χ1) is 8.35. The number of aromatic nitrogens is 1. The van der Waals surface area contributed by atoms with Crippen LogP contribution >= 0.6 is 11.6 Å². The van der Waals surface area contributed by atoms with Crippen LogP contribution in [0.2, 0.25) is 0 Å². The fourth-order valence-electron chi connectivity index (χ4n) is 2.57. The third kappa shape index (κ3) is 3.12. The van der Waals surface area contributed by atoms with Gasteiger partial charge >= 0.3 is 0 Å². The van der Waals surface area contributed by atoms with E-state index in [1.165, 1.54) is 32.1 Å². The average molecular weight is 253 g/mol. The van der Waals surface area contributed by atoms with Gasteiger partial charge in [-0.2, -0.15) is 0 Å². The number of rotatable bonds is 3. The maximum atomic E-state index is 5.79. The Morgan fingerprint density at radius 3 is 2.88 bits per heavy atom. The summed E-state index contributed by atoms with van der Waals surface area (Å²) in [6.45, 7) is 3.42. The highest BCUT2D eigenvalue weighted by Crippen LogP contribution is 2.24. The third-order valence-electron chi connectivity index (χ3n) is 3.61. The minimum absolute atomic E-state index is 0.546. The van der Waals surface area contributed by atoms with Crippen LogP contribution in [0.4, 0.5) is 5.82 Å². The lowest BCUT2D eigenvalue weighted by Crippen LogP contribution is -2.34. The van der Waals surface area contributed by atoms with E-state index >= 15 is 0 Å². The molecule has 2 heterocycles. The number of anilines is 1. The maximum absolute atomic E-state index is 5.79. The minimum Gasteiger partial charge on any atom is -0.354 e. The third-order valence-corrected chi connectivity index (χ3v) is 3.91. The van der Waals surface area contributed by atoms with Gasteiger partial charge in [0.15, 0.2) is 0 Å². The van der Waals surface area contributed by atoms with E-state index in [0.717, 1.165) is 17.9 Å². The van der Waals surface area contributed by atoms with Gasteiger partial charge in [0.05, 0.1) is 0 Å². The lowest BCUT2D eigenvalue weighted by Gasteiger charge is -2.30. The molecule has 0 amide bonds. The topological polar surface area (TPSA) is 16.1 Å². The molecule has 0 radical (unpaired) electrons. The van der Waals surface area contributed by atoms with Crippen LogP contribution in [0.15, 0.2) is 18.3 Å². The van der Waals surface area contributed by atoms with Crippen molar-refractivity contribution in [3.05, 3.63) is 23.9 Å². The molecule has 2 nitrogen and oxygen atoms in total. The number of hydrogen-bond donors (Lipinski definition) is 0. The quantitative estimate of drug-likeness (QED) is 0.757. The Bertz CT molecular complexity index is 337. The molecule has 0 bridgehead atoms. The van der Waals surface area contributed by atoms with Crippen LogP contribution in [0.3, 0.4) is 0 Å². The lowest BCUT2D eigenvalue weighted by atomic mass is 10.1. The SMILES string of the molecule is CCC1CCCCCN1c1ccc(CCl)cn1. The molecule has 0 aliphatic carbocycles. The molecule has 0 saturated carbocycles. The summed E-state index contributed by atoms with van der Waals surface area (Å²) in [6, 6.07) is 4.87. The second kappa shape index (κ2) is 6.25. The van der Waals surface area contributed by atoms with Gasteiger partial charge < -0.3 is 4.90 Å². The molecule has 1 unspecified atom stereocenters. The van der Waals surface area contributed by atoms with Gasteiger partial charge in [-0.05, 0) is 30.9 Å². The van der Waals surface area contributed by atoms with Gasteiger partial charge in [0.2, 0.25) is 0 Å². The molecule has 1 aromatic heterocycles. The van der Waals surface area contributed by atoms with E-state index in [4.69, 9.17) is 11.6 Å². The van der Waals surface area contributed by atoms with Gasteiger partial charge in [0.25, 0.3) is 0 Å². The number of alkyl halides is 1. The average Bonchev–Trinajstić information content (AvgIpc) is 2.64. The molecular weight excluding hydrogens is 232 g/mol. The van der Waals surface area contributed by atoms with E-state index in [1.54, 1.807) is 0 Å². The summed E-state index contributed by atoms with van der Waals surface area (Å²) in [5.74, 6) is 1.66. The van der Waals surface area contributed by atoms with E-state index in [1.807, 2.05) is 6.20 Å². The highest BCUT2D eigenvalue weighted by atomic mass is 35.5. The molecule has 1 fully saturated rings. The molecule has 94 valence electrons. The van der Waals surface area contributed by atoms with Crippen molar-refractivity contribution >= 4 is 17.4 Å². The Morgan fingerprint density at radius 2 is 2.24 bits per heavy atom. The molecular formula is C14H21ClN2.